The smallest absolute Gasteiger partial charge is 0.329 e. The molecule has 0 radical (unpaired) electrons. The van der Waals surface area contributed by atoms with Crippen molar-refractivity contribution in [2.24, 2.45) is 5.10 Å². The first-order valence-corrected chi connectivity index (χ1v) is 8.91. The molecule has 0 spiro atoms. The quantitative estimate of drug-likeness (QED) is 0.430. The van der Waals surface area contributed by atoms with E-state index in [4.69, 9.17) is 4.74 Å². The topological polar surface area (TPSA) is 79.8 Å². The summed E-state index contributed by atoms with van der Waals surface area (Å²) in [6.07, 6.45) is 1.45. The molecule has 2 amide bonds. The normalized spacial score (nSPS) is 11.8. The van der Waals surface area contributed by atoms with Crippen LogP contribution >= 0.6 is 15.9 Å². The average molecular weight is 418 g/mol. The molecule has 0 fully saturated rings. The maximum atomic E-state index is 11.9. The lowest BCUT2D eigenvalue weighted by molar-refractivity contribution is -0.139. The summed E-state index contributed by atoms with van der Waals surface area (Å²) in [6.45, 7) is 4.28. The van der Waals surface area contributed by atoms with Crippen LogP contribution in [-0.4, -0.2) is 24.6 Å². The molecule has 0 saturated carbocycles. The van der Waals surface area contributed by atoms with Gasteiger partial charge in [0, 0.05) is 0 Å². The summed E-state index contributed by atoms with van der Waals surface area (Å²) >= 11 is 3.40. The first-order chi connectivity index (χ1) is 12.5. The third kappa shape index (κ3) is 5.70. The van der Waals surface area contributed by atoms with Crippen molar-refractivity contribution < 1.29 is 14.3 Å². The molecule has 0 bridgehead atoms. The van der Waals surface area contributed by atoms with E-state index < -0.39 is 11.8 Å². The summed E-state index contributed by atoms with van der Waals surface area (Å²) in [5.41, 5.74) is 3.88. The number of ether oxygens (including phenoxy) is 1. The van der Waals surface area contributed by atoms with Crippen LogP contribution in [0.4, 0.5) is 0 Å². The fraction of sp³-hybridized carbons (Fsp3) is 0.211. The van der Waals surface area contributed by atoms with E-state index in [9.17, 15) is 9.59 Å². The number of benzene rings is 2. The molecule has 7 heteroatoms. The van der Waals surface area contributed by atoms with Crippen LogP contribution in [0.2, 0.25) is 0 Å². The van der Waals surface area contributed by atoms with E-state index in [0.717, 1.165) is 21.3 Å². The molecule has 0 saturated heterocycles. The number of hydrazone groups is 1. The zero-order valence-electron chi connectivity index (χ0n) is 14.5. The molecule has 2 rings (SSSR count). The molecule has 136 valence electrons. The highest BCUT2D eigenvalue weighted by Gasteiger charge is 2.16. The van der Waals surface area contributed by atoms with Crippen LogP contribution in [0.25, 0.3) is 0 Å². The maximum absolute atomic E-state index is 11.9. The van der Waals surface area contributed by atoms with Gasteiger partial charge in [-0.25, -0.2) is 5.43 Å². The number of nitrogens with one attached hydrogen (secondary N) is 2. The van der Waals surface area contributed by atoms with Gasteiger partial charge in [-0.1, -0.05) is 30.3 Å². The Morgan fingerprint density at radius 3 is 2.58 bits per heavy atom. The lowest BCUT2D eigenvalue weighted by Crippen LogP contribution is -2.39. The van der Waals surface area contributed by atoms with Crippen LogP contribution < -0.4 is 15.5 Å². The van der Waals surface area contributed by atoms with E-state index in [-0.39, 0.29) is 6.04 Å². The molecule has 2 aromatic rings. The van der Waals surface area contributed by atoms with Gasteiger partial charge in [-0.3, -0.25) is 9.59 Å². The minimum absolute atomic E-state index is 0.277. The molecular weight excluding hydrogens is 398 g/mol. The van der Waals surface area contributed by atoms with E-state index in [0.29, 0.717) is 6.61 Å². The van der Waals surface area contributed by atoms with Gasteiger partial charge in [0.25, 0.3) is 0 Å². The fourth-order valence-corrected chi connectivity index (χ4v) is 2.68. The van der Waals surface area contributed by atoms with Crippen LogP contribution in [0, 0.1) is 0 Å². The second-order valence-electron chi connectivity index (χ2n) is 5.43. The Balaban J connectivity index is 1.88. The zero-order valence-corrected chi connectivity index (χ0v) is 16.1. The van der Waals surface area contributed by atoms with Crippen LogP contribution in [-0.2, 0) is 9.59 Å². The molecule has 0 aliphatic rings. The first kappa shape index (κ1) is 19.7. The Morgan fingerprint density at radius 2 is 1.92 bits per heavy atom. The monoisotopic (exact) mass is 417 g/mol. The molecule has 0 unspecified atom stereocenters. The third-order valence-corrected chi connectivity index (χ3v) is 4.11. The predicted octanol–water partition coefficient (Wildman–Crippen LogP) is 3.18. The van der Waals surface area contributed by atoms with Crippen LogP contribution in [0.5, 0.6) is 5.75 Å². The Labute approximate surface area is 160 Å². The molecule has 6 nitrogen and oxygen atoms in total. The first-order valence-electron chi connectivity index (χ1n) is 8.12. The number of rotatable bonds is 6. The Kier molecular flexibility index (Phi) is 7.35. The van der Waals surface area contributed by atoms with Gasteiger partial charge in [0.2, 0.25) is 0 Å². The van der Waals surface area contributed by atoms with Crippen LogP contribution in [0.3, 0.4) is 0 Å². The molecule has 2 aromatic carbocycles. The largest absolute Gasteiger partial charge is 0.493 e. The van der Waals surface area contributed by atoms with Crippen molar-refractivity contribution in [3.05, 3.63) is 64.1 Å². The summed E-state index contributed by atoms with van der Waals surface area (Å²) in [4.78, 5) is 23.8. The number of carbonyl (C=O) groups is 2. The highest BCUT2D eigenvalue weighted by atomic mass is 79.9. The number of hydrogen-bond donors (Lipinski definition) is 2. The fourth-order valence-electron chi connectivity index (χ4n) is 2.17. The van der Waals surface area contributed by atoms with E-state index in [1.54, 1.807) is 25.1 Å². The second-order valence-corrected chi connectivity index (χ2v) is 6.28. The average Bonchev–Trinajstić information content (AvgIpc) is 2.64. The van der Waals surface area contributed by atoms with Gasteiger partial charge < -0.3 is 10.1 Å². The molecule has 2 N–H and O–H groups in total. The minimum Gasteiger partial charge on any atom is -0.493 e. The highest BCUT2D eigenvalue weighted by molar-refractivity contribution is 9.10. The van der Waals surface area contributed by atoms with E-state index in [1.807, 2.05) is 37.3 Å². The van der Waals surface area contributed by atoms with E-state index in [2.05, 4.69) is 31.8 Å². The number of amides is 2. The highest BCUT2D eigenvalue weighted by Crippen LogP contribution is 2.25. The molecule has 0 aliphatic heterocycles. The predicted molar refractivity (Wildman–Crippen MR) is 104 cm³/mol. The lowest BCUT2D eigenvalue weighted by Gasteiger charge is -2.13. The Hall–Kier alpha value is -2.67. The van der Waals surface area contributed by atoms with Crippen molar-refractivity contribution in [1.82, 2.24) is 10.7 Å². The molecule has 0 aromatic heterocycles. The Morgan fingerprint density at radius 1 is 1.19 bits per heavy atom. The summed E-state index contributed by atoms with van der Waals surface area (Å²) in [5, 5.41) is 6.44. The lowest BCUT2D eigenvalue weighted by atomic mass is 10.1. The van der Waals surface area contributed by atoms with Crippen molar-refractivity contribution in [3.63, 3.8) is 0 Å². The van der Waals surface area contributed by atoms with Gasteiger partial charge in [0.1, 0.15) is 5.75 Å². The van der Waals surface area contributed by atoms with E-state index >= 15 is 0 Å². The Bertz CT molecular complexity index is 794. The second kappa shape index (κ2) is 9.72. The van der Waals surface area contributed by atoms with Gasteiger partial charge in [-0.15, -0.1) is 0 Å². The summed E-state index contributed by atoms with van der Waals surface area (Å²) in [7, 11) is 0. The SMILES string of the molecule is CCOc1ccc(/C=N\NC(=O)C(=O)N[C@H](C)c2ccccc2)cc1Br. The number of halogens is 1. The zero-order chi connectivity index (χ0) is 18.9. The van der Waals surface area contributed by atoms with Crippen molar-refractivity contribution >= 4 is 34.0 Å². The van der Waals surface area contributed by atoms with Crippen molar-refractivity contribution in [2.75, 3.05) is 6.61 Å². The molecule has 26 heavy (non-hydrogen) atoms. The molecular formula is C19H20BrN3O3. The van der Waals surface area contributed by atoms with Gasteiger partial charge in [-0.2, -0.15) is 5.10 Å². The van der Waals surface area contributed by atoms with Gasteiger partial charge in [0.05, 0.1) is 23.3 Å². The van der Waals surface area contributed by atoms with E-state index in [1.165, 1.54) is 6.21 Å². The number of nitrogens with zero attached hydrogens (tertiary/aromatic N) is 1. The van der Waals surface area contributed by atoms with Crippen LogP contribution in [0.15, 0.2) is 58.1 Å². The number of carbonyl (C=O) groups excluding carboxylic acids is 2. The van der Waals surface area contributed by atoms with Crippen molar-refractivity contribution in [2.45, 2.75) is 19.9 Å². The summed E-state index contributed by atoms with van der Waals surface area (Å²) < 4.78 is 6.21. The van der Waals surface area contributed by atoms with Crippen molar-refractivity contribution in [1.29, 1.82) is 0 Å². The van der Waals surface area contributed by atoms with Gasteiger partial charge in [0.15, 0.2) is 0 Å². The van der Waals surface area contributed by atoms with Gasteiger partial charge >= 0.3 is 11.8 Å². The maximum Gasteiger partial charge on any atom is 0.329 e. The standard InChI is InChI=1S/C19H20BrN3O3/c1-3-26-17-10-9-14(11-16(17)20)12-21-23-19(25)18(24)22-13(2)15-7-5-4-6-8-15/h4-13H,3H2,1-2H3,(H,22,24)(H,23,25)/b21-12-/t13-/m1/s1. The summed E-state index contributed by atoms with van der Waals surface area (Å²) in [5.74, 6) is -0.844. The van der Waals surface area contributed by atoms with Gasteiger partial charge in [-0.05, 0) is 59.1 Å². The number of hydrogen-bond acceptors (Lipinski definition) is 4. The summed E-state index contributed by atoms with van der Waals surface area (Å²) in [6, 6.07) is 14.5. The molecule has 1 atom stereocenters. The van der Waals surface area contributed by atoms with Crippen LogP contribution in [0.1, 0.15) is 31.0 Å². The third-order valence-electron chi connectivity index (χ3n) is 3.49. The molecule has 0 heterocycles. The van der Waals surface area contributed by atoms with Crippen molar-refractivity contribution in [3.8, 4) is 5.75 Å². The molecule has 0 aliphatic carbocycles. The minimum atomic E-state index is -0.825.